The van der Waals surface area contributed by atoms with E-state index in [1.807, 2.05) is 18.5 Å². The number of rotatable bonds is 7. The fourth-order valence-corrected chi connectivity index (χ4v) is 2.95. The highest BCUT2D eigenvalue weighted by atomic mass is 16.5. The summed E-state index contributed by atoms with van der Waals surface area (Å²) in [7, 11) is 3.41. The minimum Gasteiger partial charge on any atom is -0.377 e. The zero-order valence-corrected chi connectivity index (χ0v) is 16.4. The van der Waals surface area contributed by atoms with Crippen molar-refractivity contribution in [2.24, 2.45) is 4.99 Å². The highest BCUT2D eigenvalue weighted by molar-refractivity contribution is 5.79. The first-order chi connectivity index (χ1) is 13.1. The van der Waals surface area contributed by atoms with E-state index in [1.54, 1.807) is 14.2 Å². The molecule has 1 atom stereocenters. The lowest BCUT2D eigenvalue weighted by Crippen LogP contribution is -2.47. The number of fused-ring (bicyclic) bond motifs is 1. The molecule has 1 aliphatic rings. The van der Waals surface area contributed by atoms with E-state index < -0.39 is 0 Å². The number of nitrogens with one attached hydrogen (secondary N) is 2. The van der Waals surface area contributed by atoms with Crippen LogP contribution in [0.4, 0.5) is 0 Å². The molecule has 1 aliphatic heterocycles. The lowest BCUT2D eigenvalue weighted by molar-refractivity contribution is 0.177. The van der Waals surface area contributed by atoms with E-state index >= 15 is 0 Å². The van der Waals surface area contributed by atoms with Crippen molar-refractivity contribution in [1.82, 2.24) is 35.5 Å². The monoisotopic (exact) mass is 376 g/mol. The summed E-state index contributed by atoms with van der Waals surface area (Å²) in [5.41, 5.74) is 0. The molecule has 0 fully saturated rings. The van der Waals surface area contributed by atoms with Crippen molar-refractivity contribution in [2.75, 3.05) is 20.7 Å². The summed E-state index contributed by atoms with van der Waals surface area (Å²) < 4.78 is 12.3. The zero-order valence-electron chi connectivity index (χ0n) is 16.4. The SMILES string of the molecule is CN=C(NCCc1nc(C(C)C)no1)NC1CCc2nc(COC)nn2C1. The molecule has 2 N–H and O–H groups in total. The molecule has 0 saturated carbocycles. The van der Waals surface area contributed by atoms with Crippen LogP contribution in [-0.4, -0.2) is 57.6 Å². The minimum atomic E-state index is 0.247. The van der Waals surface area contributed by atoms with Crippen LogP contribution in [0.2, 0.25) is 0 Å². The third-order valence-corrected chi connectivity index (χ3v) is 4.37. The molecule has 2 aromatic rings. The van der Waals surface area contributed by atoms with Crippen LogP contribution in [0.5, 0.6) is 0 Å². The van der Waals surface area contributed by atoms with Gasteiger partial charge in [0.2, 0.25) is 5.89 Å². The quantitative estimate of drug-likeness (QED) is 0.535. The number of guanidine groups is 1. The van der Waals surface area contributed by atoms with Crippen molar-refractivity contribution in [2.45, 2.75) is 58.2 Å². The molecule has 0 saturated heterocycles. The highest BCUT2D eigenvalue weighted by Crippen LogP contribution is 2.13. The third kappa shape index (κ3) is 5.03. The highest BCUT2D eigenvalue weighted by Gasteiger charge is 2.22. The Kier molecular flexibility index (Phi) is 6.38. The van der Waals surface area contributed by atoms with Gasteiger partial charge in [-0.15, -0.1) is 0 Å². The van der Waals surface area contributed by atoms with Crippen molar-refractivity contribution < 1.29 is 9.26 Å². The Balaban J connectivity index is 1.47. The normalized spacial score (nSPS) is 17.2. The smallest absolute Gasteiger partial charge is 0.228 e. The van der Waals surface area contributed by atoms with Crippen LogP contribution in [0.1, 0.15) is 49.6 Å². The largest absolute Gasteiger partial charge is 0.377 e. The van der Waals surface area contributed by atoms with Gasteiger partial charge in [0, 0.05) is 45.5 Å². The number of hydrogen-bond acceptors (Lipinski definition) is 7. The Morgan fingerprint density at radius 1 is 1.41 bits per heavy atom. The maximum absolute atomic E-state index is 5.26. The molecular formula is C17H28N8O2. The van der Waals surface area contributed by atoms with Crippen LogP contribution in [-0.2, 0) is 30.7 Å². The van der Waals surface area contributed by atoms with E-state index in [4.69, 9.17) is 9.26 Å². The first-order valence-electron chi connectivity index (χ1n) is 9.30. The van der Waals surface area contributed by atoms with Gasteiger partial charge < -0.3 is 19.9 Å². The van der Waals surface area contributed by atoms with Crippen molar-refractivity contribution >= 4 is 5.96 Å². The molecule has 0 spiro atoms. The molecule has 0 amide bonds. The number of methoxy groups -OCH3 is 1. The summed E-state index contributed by atoms with van der Waals surface area (Å²) in [6, 6.07) is 0.247. The fourth-order valence-electron chi connectivity index (χ4n) is 2.95. The summed E-state index contributed by atoms with van der Waals surface area (Å²) in [6.45, 7) is 5.95. The summed E-state index contributed by atoms with van der Waals surface area (Å²) >= 11 is 0. The molecule has 27 heavy (non-hydrogen) atoms. The number of ether oxygens (including phenoxy) is 1. The Hall–Kier alpha value is -2.49. The summed E-state index contributed by atoms with van der Waals surface area (Å²) in [5.74, 6) is 4.14. The van der Waals surface area contributed by atoms with Crippen molar-refractivity contribution in [3.63, 3.8) is 0 Å². The molecule has 0 aliphatic carbocycles. The number of aliphatic imine (C=N–C) groups is 1. The molecular weight excluding hydrogens is 348 g/mol. The predicted molar refractivity (Wildman–Crippen MR) is 99.4 cm³/mol. The summed E-state index contributed by atoms with van der Waals surface area (Å²) in [4.78, 5) is 13.2. The molecule has 148 valence electrons. The Bertz CT molecular complexity index is 767. The van der Waals surface area contributed by atoms with Crippen LogP contribution in [0, 0.1) is 0 Å². The lowest BCUT2D eigenvalue weighted by atomic mass is 10.1. The average Bonchev–Trinajstić information content (AvgIpc) is 3.27. The molecule has 2 aromatic heterocycles. The van der Waals surface area contributed by atoms with Crippen molar-refractivity contribution in [3.05, 3.63) is 23.4 Å². The maximum atomic E-state index is 5.26. The topological polar surface area (TPSA) is 115 Å². The molecule has 10 nitrogen and oxygen atoms in total. The van der Waals surface area contributed by atoms with Crippen molar-refractivity contribution in [3.8, 4) is 0 Å². The van der Waals surface area contributed by atoms with Crippen LogP contribution in [0.25, 0.3) is 0 Å². The van der Waals surface area contributed by atoms with Gasteiger partial charge in [0.1, 0.15) is 12.4 Å². The third-order valence-electron chi connectivity index (χ3n) is 4.37. The second kappa shape index (κ2) is 8.94. The Morgan fingerprint density at radius 2 is 2.26 bits per heavy atom. The summed E-state index contributed by atoms with van der Waals surface area (Å²) in [5, 5.41) is 15.2. The van der Waals surface area contributed by atoms with Gasteiger partial charge in [0.15, 0.2) is 17.6 Å². The Labute approximate surface area is 158 Å². The van der Waals surface area contributed by atoms with Crippen LogP contribution < -0.4 is 10.6 Å². The first kappa shape index (κ1) is 19.3. The van der Waals surface area contributed by atoms with Gasteiger partial charge in [0.05, 0.1) is 6.54 Å². The van der Waals surface area contributed by atoms with Gasteiger partial charge in [0.25, 0.3) is 0 Å². The summed E-state index contributed by atoms with van der Waals surface area (Å²) in [6.07, 6.45) is 2.51. The standard InChI is InChI=1S/C17H28N8O2/c1-11(2)16-22-15(27-24-16)7-8-19-17(18-3)20-12-5-6-14-21-13(10-26-4)23-25(14)9-12/h11-12H,5-10H2,1-4H3,(H2,18,19,20). The molecule has 0 aromatic carbocycles. The van der Waals surface area contributed by atoms with E-state index in [1.165, 1.54) is 0 Å². The average molecular weight is 376 g/mol. The molecule has 3 rings (SSSR count). The van der Waals surface area contributed by atoms with Gasteiger partial charge in [-0.05, 0) is 6.42 Å². The van der Waals surface area contributed by atoms with E-state index in [0.29, 0.717) is 25.5 Å². The number of aromatic nitrogens is 5. The molecule has 0 radical (unpaired) electrons. The molecule has 0 bridgehead atoms. The minimum absolute atomic E-state index is 0.247. The van der Waals surface area contributed by atoms with Crippen LogP contribution in [0.3, 0.4) is 0 Å². The van der Waals surface area contributed by atoms with E-state index in [-0.39, 0.29) is 12.0 Å². The van der Waals surface area contributed by atoms with Crippen molar-refractivity contribution in [1.29, 1.82) is 0 Å². The maximum Gasteiger partial charge on any atom is 0.228 e. The fraction of sp³-hybridized carbons (Fsp3) is 0.706. The number of nitrogens with zero attached hydrogens (tertiary/aromatic N) is 6. The van der Waals surface area contributed by atoms with Gasteiger partial charge in [-0.25, -0.2) is 9.67 Å². The molecule has 3 heterocycles. The second-order valence-corrected chi connectivity index (χ2v) is 6.89. The zero-order chi connectivity index (χ0) is 19.2. The van der Waals surface area contributed by atoms with Crippen LogP contribution >= 0.6 is 0 Å². The van der Waals surface area contributed by atoms with Crippen LogP contribution in [0.15, 0.2) is 9.52 Å². The van der Waals surface area contributed by atoms with Gasteiger partial charge in [-0.2, -0.15) is 10.1 Å². The number of aryl methyl sites for hydroxylation is 1. The second-order valence-electron chi connectivity index (χ2n) is 6.89. The van der Waals surface area contributed by atoms with E-state index in [9.17, 15) is 0 Å². The van der Waals surface area contributed by atoms with Gasteiger partial charge in [-0.3, -0.25) is 4.99 Å². The van der Waals surface area contributed by atoms with Gasteiger partial charge in [-0.1, -0.05) is 19.0 Å². The lowest BCUT2D eigenvalue weighted by Gasteiger charge is -2.25. The number of hydrogen-bond donors (Lipinski definition) is 2. The molecule has 10 heteroatoms. The van der Waals surface area contributed by atoms with Gasteiger partial charge >= 0.3 is 0 Å². The first-order valence-corrected chi connectivity index (χ1v) is 9.30. The molecule has 1 unspecified atom stereocenters. The van der Waals surface area contributed by atoms with E-state index in [0.717, 1.165) is 42.8 Å². The van der Waals surface area contributed by atoms with E-state index in [2.05, 4.69) is 35.8 Å². The Morgan fingerprint density at radius 3 is 2.96 bits per heavy atom. The predicted octanol–water partition coefficient (Wildman–Crippen LogP) is 0.653.